The van der Waals surface area contributed by atoms with Gasteiger partial charge in [-0.2, -0.15) is 24.4 Å². The molecule has 0 saturated carbocycles. The maximum Gasteiger partial charge on any atom is 0.328 e. The second-order valence-electron chi connectivity index (χ2n) is 23.3. The third-order valence-corrected chi connectivity index (χ3v) is 17.0. The number of para-hydroxylation sites is 1. The molecule has 32 heteroatoms. The van der Waals surface area contributed by atoms with Crippen molar-refractivity contribution in [1.82, 2.24) is 52.4 Å². The summed E-state index contributed by atoms with van der Waals surface area (Å²) in [7, 11) is 1.24. The van der Waals surface area contributed by atoms with Crippen molar-refractivity contribution >= 4 is 106 Å². The standard InChI is InChI=1S/C65H88N14O16S2/c1-35(80)54(77-58(86)47(15-9-10-25-66)72-60(88)50(30-40-31-70-46-14-8-7-13-43(40)46)75-56(84)44(68)27-38-18-22-42(82)23-19-38)63(91)79(3)52(29-37-11-5-4-6-12-37)62(90)73-48(64(92)93)24-26-97-34-53(83)71-32-45(69)57(85)74-49(28-39-16-20-41(67)21-17-39)59(87)76-51(33-96)61(89)78-55(36(2)81)65(94)95/h4-8,11-14,16-23,31,35-36,44-45,47-52,54-55,70,80-82,96H,9-10,15,24-30,32-34,66-69H2,1-3H3,(H,71,83)(H,72,88)(H,73,90)(H,74,85)(H,75,84)(H,76,87)(H,77,86)(H,78,89)(H,92,93)(H,94,95)/t35-,36-,44+,45?,47+,48+,49+,50-,51+,52+,54+,55+/m1/s1. The van der Waals surface area contributed by atoms with E-state index in [0.29, 0.717) is 40.8 Å². The molecule has 1 unspecified atom stereocenters. The van der Waals surface area contributed by atoms with E-state index in [2.05, 4.69) is 60.1 Å². The second-order valence-corrected chi connectivity index (χ2v) is 24.8. The van der Waals surface area contributed by atoms with Crippen molar-refractivity contribution in [1.29, 1.82) is 0 Å². The Morgan fingerprint density at radius 3 is 1.70 bits per heavy atom. The van der Waals surface area contributed by atoms with Crippen LogP contribution < -0.4 is 65.5 Å². The number of aromatic amines is 1. The number of nitrogens with two attached hydrogens (primary N) is 4. The first-order valence-corrected chi connectivity index (χ1v) is 33.0. The molecule has 9 amide bonds. The number of hydrogen-bond donors (Lipinski definition) is 19. The number of hydrogen-bond acceptors (Lipinski definition) is 20. The van der Waals surface area contributed by atoms with Gasteiger partial charge in [0.15, 0.2) is 6.04 Å². The number of likely N-dealkylation sites (N-methyl/N-ethyl adjacent to an activating group) is 1. The van der Waals surface area contributed by atoms with Gasteiger partial charge in [0.25, 0.3) is 0 Å². The number of aromatic nitrogens is 1. The molecule has 4 aromatic carbocycles. The summed E-state index contributed by atoms with van der Waals surface area (Å²) in [6.45, 7) is 2.16. The van der Waals surface area contributed by atoms with Crippen molar-refractivity contribution in [3.63, 3.8) is 0 Å². The zero-order valence-corrected chi connectivity index (χ0v) is 55.6. The topological polar surface area (TPSA) is 508 Å². The van der Waals surface area contributed by atoms with Crippen LogP contribution in [0.4, 0.5) is 5.69 Å². The Hall–Kier alpha value is -9.31. The van der Waals surface area contributed by atoms with E-state index >= 15 is 0 Å². The highest BCUT2D eigenvalue weighted by atomic mass is 32.2. The highest BCUT2D eigenvalue weighted by Crippen LogP contribution is 2.21. The van der Waals surface area contributed by atoms with Crippen LogP contribution in [0.25, 0.3) is 10.9 Å². The monoisotopic (exact) mass is 1380 g/mol. The van der Waals surface area contributed by atoms with Gasteiger partial charge >= 0.3 is 11.9 Å². The number of phenolic OH excluding ortho intramolecular Hbond substituents is 1. The second kappa shape index (κ2) is 39.0. The number of aliphatic hydroxyl groups excluding tert-OH is 2. The van der Waals surface area contributed by atoms with Crippen molar-refractivity contribution in [2.24, 2.45) is 17.2 Å². The Labute approximate surface area is 569 Å². The van der Waals surface area contributed by atoms with E-state index < -0.39 is 144 Å². The number of H-pyrrole nitrogens is 1. The highest BCUT2D eigenvalue weighted by molar-refractivity contribution is 7.99. The third-order valence-electron chi connectivity index (χ3n) is 15.6. The molecule has 0 fully saturated rings. The maximum absolute atomic E-state index is 14.6. The number of nitrogens with zero attached hydrogens (tertiary/aromatic N) is 1. The number of aliphatic carboxylic acids is 2. The predicted octanol–water partition coefficient (Wildman–Crippen LogP) is -2.17. The molecular weight excluding hydrogens is 1300 g/mol. The fourth-order valence-electron chi connectivity index (χ4n) is 10.0. The van der Waals surface area contributed by atoms with Crippen molar-refractivity contribution in [2.45, 2.75) is 138 Å². The van der Waals surface area contributed by atoms with Gasteiger partial charge in [-0.05, 0) is 111 Å². The Morgan fingerprint density at radius 1 is 0.567 bits per heavy atom. The van der Waals surface area contributed by atoms with Crippen LogP contribution in [-0.2, 0) is 78.4 Å². The number of phenols is 1. The van der Waals surface area contributed by atoms with E-state index in [1.165, 1.54) is 26.1 Å². The van der Waals surface area contributed by atoms with E-state index in [4.69, 9.17) is 22.9 Å². The molecule has 0 aliphatic heterocycles. The number of fused-ring (bicyclic) bond motifs is 1. The van der Waals surface area contributed by atoms with Crippen LogP contribution in [-0.4, -0.2) is 211 Å². The molecule has 1 heterocycles. The number of carboxylic acids is 2. The van der Waals surface area contributed by atoms with Gasteiger partial charge in [0.2, 0.25) is 53.2 Å². The highest BCUT2D eigenvalue weighted by Gasteiger charge is 2.39. The van der Waals surface area contributed by atoms with E-state index in [0.717, 1.165) is 34.5 Å². The van der Waals surface area contributed by atoms with Crippen LogP contribution in [0.15, 0.2) is 109 Å². The summed E-state index contributed by atoms with van der Waals surface area (Å²) in [6.07, 6.45) is -1.28. The summed E-state index contributed by atoms with van der Waals surface area (Å²) in [4.78, 5) is 153. The fourth-order valence-corrected chi connectivity index (χ4v) is 11.1. The molecule has 0 radical (unpaired) electrons. The molecule has 526 valence electrons. The summed E-state index contributed by atoms with van der Waals surface area (Å²) >= 11 is 5.08. The van der Waals surface area contributed by atoms with Gasteiger partial charge in [0.05, 0.1) is 24.0 Å². The minimum atomic E-state index is -1.75. The number of unbranched alkanes of at least 4 members (excludes halogenated alkanes) is 1. The molecule has 12 atom stereocenters. The summed E-state index contributed by atoms with van der Waals surface area (Å²) in [5.74, 6) is -11.3. The molecule has 22 N–H and O–H groups in total. The number of nitrogen functional groups attached to an aromatic ring is 1. The summed E-state index contributed by atoms with van der Waals surface area (Å²) in [5, 5.41) is 71.4. The van der Waals surface area contributed by atoms with Gasteiger partial charge in [-0.1, -0.05) is 72.8 Å². The van der Waals surface area contributed by atoms with Gasteiger partial charge in [-0.3, -0.25) is 43.2 Å². The number of thioether (sulfide) groups is 1. The lowest BCUT2D eigenvalue weighted by Crippen LogP contribution is -2.62. The van der Waals surface area contributed by atoms with Crippen LogP contribution in [0.1, 0.15) is 61.8 Å². The van der Waals surface area contributed by atoms with Crippen molar-refractivity contribution in [3.8, 4) is 5.75 Å². The average molecular weight is 1390 g/mol. The Bertz CT molecular complexity index is 3480. The van der Waals surface area contributed by atoms with Crippen molar-refractivity contribution in [2.75, 3.05) is 43.1 Å². The van der Waals surface area contributed by atoms with Crippen molar-refractivity contribution in [3.05, 3.63) is 132 Å². The molecule has 0 aliphatic rings. The predicted molar refractivity (Wildman–Crippen MR) is 365 cm³/mol. The largest absolute Gasteiger partial charge is 0.508 e. The van der Waals surface area contributed by atoms with Gasteiger partial charge in [-0.25, -0.2) is 9.59 Å². The number of nitrogens with one attached hydrogen (secondary N) is 9. The van der Waals surface area contributed by atoms with E-state index in [1.54, 1.807) is 79.0 Å². The number of anilines is 1. The first-order valence-electron chi connectivity index (χ1n) is 31.2. The first kappa shape index (κ1) is 78.4. The number of aliphatic hydroxyl groups is 2. The van der Waals surface area contributed by atoms with Crippen LogP contribution in [0, 0.1) is 0 Å². The molecule has 97 heavy (non-hydrogen) atoms. The number of carboxylic acid groups (broad SMARTS) is 2. The van der Waals surface area contributed by atoms with Crippen LogP contribution in [0.5, 0.6) is 5.75 Å². The number of carbonyl (C=O) groups is 11. The Balaban J connectivity index is 1.23. The lowest BCUT2D eigenvalue weighted by molar-refractivity contribution is -0.146. The average Bonchev–Trinajstić information content (AvgIpc) is 1.82. The van der Waals surface area contributed by atoms with Crippen molar-refractivity contribution < 1.29 is 78.3 Å². The quantitative estimate of drug-likeness (QED) is 0.0113. The van der Waals surface area contributed by atoms with E-state index in [-0.39, 0.29) is 68.1 Å². The minimum absolute atomic E-state index is 0.0131. The summed E-state index contributed by atoms with van der Waals surface area (Å²) in [5.41, 5.74) is 27.6. The van der Waals surface area contributed by atoms with E-state index in [1.807, 2.05) is 18.2 Å². The lowest BCUT2D eigenvalue weighted by Gasteiger charge is -2.33. The Kier molecular flexibility index (Phi) is 31.5. The molecule has 0 spiro atoms. The van der Waals surface area contributed by atoms with Gasteiger partial charge < -0.3 is 101 Å². The SMILES string of the molecule is C[C@@H](O)[C@H](NC(=O)[C@H](CS)NC(=O)[C@H](Cc1ccc(N)cc1)NC(=O)C(N)CNC(=O)CSCC[C@H](NC(=O)[C@H](Cc1ccccc1)N(C)C(=O)[C@@H](NC(=O)[C@H](CCCCN)NC(=O)[C@@H](Cc1c[nH]c2ccccc12)NC(=O)[C@@H](N)Cc1ccc(O)cc1)[C@@H](C)O)C(=O)O)C(=O)O. The number of benzene rings is 4. The summed E-state index contributed by atoms with van der Waals surface area (Å²) in [6, 6.07) is 13.5. The number of rotatable bonds is 40. The molecule has 5 aromatic rings. The van der Waals surface area contributed by atoms with Crippen LogP contribution >= 0.6 is 24.4 Å². The molecule has 5 rings (SSSR count). The molecule has 30 nitrogen and oxygen atoms in total. The normalized spacial score (nSPS) is 14.9. The molecule has 0 aliphatic carbocycles. The molecule has 1 aromatic heterocycles. The molecule has 0 saturated heterocycles. The van der Waals surface area contributed by atoms with Gasteiger partial charge in [0, 0.05) is 61.4 Å². The van der Waals surface area contributed by atoms with E-state index in [9.17, 15) is 78.3 Å². The zero-order valence-electron chi connectivity index (χ0n) is 53.9. The minimum Gasteiger partial charge on any atom is -0.508 e. The zero-order chi connectivity index (χ0) is 71.5. The maximum atomic E-state index is 14.6. The number of aromatic hydroxyl groups is 1. The molecular formula is C65H88N14O16S2. The molecule has 0 bridgehead atoms. The number of amides is 9. The van der Waals surface area contributed by atoms with Gasteiger partial charge in [0.1, 0.15) is 54.1 Å². The number of carbonyl (C=O) groups excluding carboxylic acids is 9. The van der Waals surface area contributed by atoms with Crippen LogP contribution in [0.3, 0.4) is 0 Å². The fraction of sp³-hybridized carbons (Fsp3) is 0.431. The third kappa shape index (κ3) is 25.0. The lowest BCUT2D eigenvalue weighted by atomic mass is 10.0. The number of thiol groups is 1. The van der Waals surface area contributed by atoms with Gasteiger partial charge in [-0.15, -0.1) is 0 Å². The summed E-state index contributed by atoms with van der Waals surface area (Å²) < 4.78 is 0. The smallest absolute Gasteiger partial charge is 0.328 e. The first-order chi connectivity index (χ1) is 46.1. The Morgan fingerprint density at radius 2 is 1.09 bits per heavy atom. The van der Waals surface area contributed by atoms with Crippen LogP contribution in [0.2, 0.25) is 0 Å².